The Morgan fingerprint density at radius 3 is 2.47 bits per heavy atom. The fourth-order valence-corrected chi connectivity index (χ4v) is 3.46. The van der Waals surface area contributed by atoms with Gasteiger partial charge in [0, 0.05) is 37.3 Å². The van der Waals surface area contributed by atoms with Gasteiger partial charge in [-0.2, -0.15) is 13.2 Å². The Bertz CT molecular complexity index is 1230. The number of pyridine rings is 1. The average molecular weight is 529 g/mol. The molecular formula is C28H31F3N4O3. The first-order valence-corrected chi connectivity index (χ1v) is 12.3. The van der Waals surface area contributed by atoms with Gasteiger partial charge in [0.1, 0.15) is 23.6 Å². The van der Waals surface area contributed by atoms with Crippen LogP contribution in [0.25, 0.3) is 0 Å². The lowest BCUT2D eigenvalue weighted by Crippen LogP contribution is -2.15. The van der Waals surface area contributed by atoms with E-state index >= 15 is 0 Å². The van der Waals surface area contributed by atoms with Gasteiger partial charge in [-0.05, 0) is 79.8 Å². The quantitative estimate of drug-likeness (QED) is 0.296. The number of aldehydes is 1. The summed E-state index contributed by atoms with van der Waals surface area (Å²) in [7, 11) is 1.76. The highest BCUT2D eigenvalue weighted by atomic mass is 19.4. The Labute approximate surface area is 219 Å². The molecule has 38 heavy (non-hydrogen) atoms. The molecule has 10 heteroatoms. The molecule has 202 valence electrons. The highest BCUT2D eigenvalue weighted by Crippen LogP contribution is 2.32. The van der Waals surface area contributed by atoms with E-state index in [1.54, 1.807) is 31.4 Å². The van der Waals surface area contributed by atoms with Crippen molar-refractivity contribution in [3.63, 3.8) is 0 Å². The van der Waals surface area contributed by atoms with Crippen molar-refractivity contribution < 1.29 is 27.5 Å². The number of hydrogen-bond donors (Lipinski definition) is 3. The second-order valence-corrected chi connectivity index (χ2v) is 8.85. The number of carbonyl (C=O) groups excluding carboxylic acids is 2. The van der Waals surface area contributed by atoms with Crippen molar-refractivity contribution in [2.75, 3.05) is 24.2 Å². The Morgan fingerprint density at radius 1 is 1.08 bits per heavy atom. The number of anilines is 2. The van der Waals surface area contributed by atoms with Gasteiger partial charge in [-0.1, -0.05) is 12.1 Å². The molecule has 1 saturated carbocycles. The van der Waals surface area contributed by atoms with Crippen LogP contribution in [0.5, 0.6) is 11.5 Å². The van der Waals surface area contributed by atoms with Crippen molar-refractivity contribution in [3.8, 4) is 11.5 Å². The number of rotatable bonds is 10. The minimum atomic E-state index is -4.51. The number of amides is 1. The van der Waals surface area contributed by atoms with Gasteiger partial charge < -0.3 is 25.9 Å². The van der Waals surface area contributed by atoms with E-state index in [0.29, 0.717) is 35.2 Å². The zero-order valence-electron chi connectivity index (χ0n) is 21.1. The molecule has 0 bridgehead atoms. The monoisotopic (exact) mass is 528 g/mol. The molecule has 1 amide bonds. The summed E-state index contributed by atoms with van der Waals surface area (Å²) < 4.78 is 45.4. The Kier molecular flexibility index (Phi) is 10.2. The van der Waals surface area contributed by atoms with Crippen LogP contribution in [0, 0.1) is 5.92 Å². The van der Waals surface area contributed by atoms with Crippen molar-refractivity contribution in [3.05, 3.63) is 77.5 Å². The third-order valence-corrected chi connectivity index (χ3v) is 5.61. The van der Waals surface area contributed by atoms with Crippen LogP contribution >= 0.6 is 0 Å². The number of alkyl halides is 3. The van der Waals surface area contributed by atoms with Gasteiger partial charge in [0.05, 0.1) is 5.56 Å². The van der Waals surface area contributed by atoms with Crippen molar-refractivity contribution in [2.45, 2.75) is 38.3 Å². The fourth-order valence-electron chi connectivity index (χ4n) is 3.46. The summed E-state index contributed by atoms with van der Waals surface area (Å²) in [5, 5.41) is 5.50. The number of ether oxygens (including phenoxy) is 1. The highest BCUT2D eigenvalue weighted by molar-refractivity contribution is 5.91. The first-order valence-electron chi connectivity index (χ1n) is 12.3. The fraction of sp³-hybridized carbons (Fsp3) is 0.321. The summed E-state index contributed by atoms with van der Waals surface area (Å²) in [6, 6.07) is 14.3. The summed E-state index contributed by atoms with van der Waals surface area (Å²) in [5.41, 5.74) is 6.05. The van der Waals surface area contributed by atoms with E-state index in [2.05, 4.69) is 15.6 Å². The van der Waals surface area contributed by atoms with Crippen molar-refractivity contribution in [1.29, 1.82) is 0 Å². The Balaban J connectivity index is 0.000000715. The molecule has 0 atom stereocenters. The molecule has 3 aromatic rings. The van der Waals surface area contributed by atoms with Gasteiger partial charge in [0.2, 0.25) is 5.91 Å². The lowest BCUT2D eigenvalue weighted by Gasteiger charge is -2.13. The zero-order valence-corrected chi connectivity index (χ0v) is 21.1. The van der Waals surface area contributed by atoms with Gasteiger partial charge in [0.15, 0.2) is 0 Å². The molecular weight excluding hydrogens is 497 g/mol. The highest BCUT2D eigenvalue weighted by Gasteiger charge is 2.31. The SMILES string of the molecule is CNc1cc(Oc2cccc(CCC(=O)Nc3cc(CCN)cc(C(F)(F)F)c3)c2)ccn1.O=CC1CC1. The molecule has 4 N–H and O–H groups in total. The lowest BCUT2D eigenvalue weighted by molar-refractivity contribution is -0.137. The molecule has 1 heterocycles. The van der Waals surface area contributed by atoms with Gasteiger partial charge in [0.25, 0.3) is 0 Å². The topological polar surface area (TPSA) is 106 Å². The number of aromatic nitrogens is 1. The molecule has 1 fully saturated rings. The summed E-state index contributed by atoms with van der Waals surface area (Å²) in [6.07, 6.45) is 1.22. The predicted molar refractivity (Wildman–Crippen MR) is 140 cm³/mol. The van der Waals surface area contributed by atoms with E-state index in [9.17, 15) is 22.8 Å². The van der Waals surface area contributed by atoms with Crippen LogP contribution in [0.15, 0.2) is 60.8 Å². The van der Waals surface area contributed by atoms with Crippen LogP contribution in [-0.4, -0.2) is 30.8 Å². The van der Waals surface area contributed by atoms with Gasteiger partial charge >= 0.3 is 6.18 Å². The maximum Gasteiger partial charge on any atom is 0.416 e. The molecule has 1 aliphatic rings. The second-order valence-electron chi connectivity index (χ2n) is 8.85. The van der Waals surface area contributed by atoms with Crippen molar-refractivity contribution in [2.24, 2.45) is 11.7 Å². The standard InChI is InChI=1S/C24H25F3N4O2.C4H6O/c1-29-22-15-21(8-10-30-22)33-20-4-2-3-16(13-20)5-6-23(32)31-19-12-17(7-9-28)11-18(14-19)24(25,26)27;5-3-4-1-2-4/h2-4,8,10-15H,5-7,9,28H2,1H3,(H,29,30)(H,31,32);3-4H,1-2H2. The van der Waals surface area contributed by atoms with E-state index in [4.69, 9.17) is 10.5 Å². The molecule has 0 radical (unpaired) electrons. The van der Waals surface area contributed by atoms with Crippen LogP contribution in [0.2, 0.25) is 0 Å². The number of nitrogens with two attached hydrogens (primary N) is 1. The van der Waals surface area contributed by atoms with Crippen LogP contribution in [-0.2, 0) is 28.6 Å². The maximum atomic E-state index is 13.2. The molecule has 1 aromatic heterocycles. The third-order valence-electron chi connectivity index (χ3n) is 5.61. The second kappa shape index (κ2) is 13.6. The van der Waals surface area contributed by atoms with Gasteiger partial charge in [-0.25, -0.2) is 4.98 Å². The smallest absolute Gasteiger partial charge is 0.416 e. The molecule has 0 spiro atoms. The van der Waals surface area contributed by atoms with E-state index in [1.807, 2.05) is 18.2 Å². The Morgan fingerprint density at radius 2 is 1.84 bits per heavy atom. The summed E-state index contributed by atoms with van der Waals surface area (Å²) >= 11 is 0. The zero-order chi connectivity index (χ0) is 27.5. The minimum Gasteiger partial charge on any atom is -0.457 e. The third kappa shape index (κ3) is 9.51. The molecule has 0 unspecified atom stereocenters. The van der Waals surface area contributed by atoms with Gasteiger partial charge in [-0.3, -0.25) is 4.79 Å². The summed E-state index contributed by atoms with van der Waals surface area (Å²) in [4.78, 5) is 26.1. The van der Waals surface area contributed by atoms with E-state index in [-0.39, 0.29) is 31.0 Å². The number of carbonyl (C=O) groups is 2. The molecule has 1 aliphatic carbocycles. The van der Waals surface area contributed by atoms with Crippen LogP contribution in [0.4, 0.5) is 24.7 Å². The number of aryl methyl sites for hydroxylation is 1. The van der Waals surface area contributed by atoms with E-state index < -0.39 is 11.7 Å². The lowest BCUT2D eigenvalue weighted by atomic mass is 10.1. The normalized spacial score (nSPS) is 12.7. The summed E-state index contributed by atoms with van der Waals surface area (Å²) in [5.74, 6) is 1.96. The number of nitrogens with zero attached hydrogens (tertiary/aromatic N) is 1. The molecule has 7 nitrogen and oxygen atoms in total. The number of nitrogens with one attached hydrogen (secondary N) is 2. The van der Waals surface area contributed by atoms with Gasteiger partial charge in [-0.15, -0.1) is 0 Å². The average Bonchev–Trinajstić information content (AvgIpc) is 3.73. The first-order chi connectivity index (χ1) is 18.2. The van der Waals surface area contributed by atoms with Crippen LogP contribution < -0.4 is 21.1 Å². The Hall–Kier alpha value is -3.92. The molecule has 0 saturated heterocycles. The summed E-state index contributed by atoms with van der Waals surface area (Å²) in [6.45, 7) is 0.211. The van der Waals surface area contributed by atoms with E-state index in [0.717, 1.165) is 36.8 Å². The number of hydrogen-bond acceptors (Lipinski definition) is 6. The van der Waals surface area contributed by atoms with Crippen molar-refractivity contribution in [1.82, 2.24) is 4.98 Å². The number of halogens is 3. The number of benzene rings is 2. The molecule has 0 aliphatic heterocycles. The van der Waals surface area contributed by atoms with Crippen LogP contribution in [0.3, 0.4) is 0 Å². The van der Waals surface area contributed by atoms with E-state index in [1.165, 1.54) is 6.07 Å². The first kappa shape index (κ1) is 28.6. The maximum absolute atomic E-state index is 13.2. The molecule has 2 aromatic carbocycles. The minimum absolute atomic E-state index is 0.102. The molecule has 4 rings (SSSR count). The largest absolute Gasteiger partial charge is 0.457 e. The van der Waals surface area contributed by atoms with Crippen molar-refractivity contribution >= 4 is 23.7 Å². The predicted octanol–water partition coefficient (Wildman–Crippen LogP) is 5.60. The van der Waals surface area contributed by atoms with Crippen LogP contribution in [0.1, 0.15) is 36.0 Å².